The van der Waals surface area contributed by atoms with E-state index in [1.807, 2.05) is 0 Å². The molecule has 0 saturated carbocycles. The van der Waals surface area contributed by atoms with E-state index in [9.17, 15) is 0 Å². The highest BCUT2D eigenvalue weighted by Crippen LogP contribution is 2.13. The molecule has 0 aliphatic rings. The average molecular weight is 169 g/mol. The van der Waals surface area contributed by atoms with E-state index in [-0.39, 0.29) is 0 Å². The van der Waals surface area contributed by atoms with E-state index in [4.69, 9.17) is 17.3 Å². The molecule has 0 radical (unpaired) electrons. The van der Waals surface area contributed by atoms with Crippen LogP contribution in [0.2, 0.25) is 5.02 Å². The monoisotopic (exact) mass is 168 g/mol. The summed E-state index contributed by atoms with van der Waals surface area (Å²) in [5.74, 6) is 0. The zero-order chi connectivity index (χ0) is 8.27. The fourth-order valence-corrected chi connectivity index (χ4v) is 0.862. The fourth-order valence-electron chi connectivity index (χ4n) is 0.703. The van der Waals surface area contributed by atoms with Crippen LogP contribution >= 0.6 is 11.6 Å². The highest BCUT2D eigenvalue weighted by molar-refractivity contribution is 6.30. The van der Waals surface area contributed by atoms with Crippen LogP contribution in [0, 0.1) is 0 Å². The summed E-state index contributed by atoms with van der Waals surface area (Å²) in [5, 5.41) is 0.657. The predicted octanol–water partition coefficient (Wildman–Crippen LogP) is 1.71. The molecule has 1 aromatic heterocycles. The van der Waals surface area contributed by atoms with Gasteiger partial charge in [-0.3, -0.25) is 4.98 Å². The van der Waals surface area contributed by atoms with Crippen molar-refractivity contribution in [3.63, 3.8) is 0 Å². The normalized spacial score (nSPS) is 9.64. The third kappa shape index (κ3) is 2.03. The third-order valence-corrected chi connectivity index (χ3v) is 1.57. The summed E-state index contributed by atoms with van der Waals surface area (Å²) in [5.41, 5.74) is 6.93. The summed E-state index contributed by atoms with van der Waals surface area (Å²) in [4.78, 5) is 4.05. The molecule has 0 aromatic carbocycles. The summed E-state index contributed by atoms with van der Waals surface area (Å²) in [6.45, 7) is 4.15. The van der Waals surface area contributed by atoms with Crippen molar-refractivity contribution >= 4 is 17.2 Å². The molecule has 1 rings (SSSR count). The number of pyridine rings is 1. The Morgan fingerprint density at radius 1 is 1.73 bits per heavy atom. The van der Waals surface area contributed by atoms with E-state index < -0.39 is 0 Å². The smallest absolute Gasteiger partial charge is 0.0683 e. The molecule has 0 atom stereocenters. The maximum Gasteiger partial charge on any atom is 0.0683 e. The van der Waals surface area contributed by atoms with Gasteiger partial charge in [-0.1, -0.05) is 18.2 Å². The summed E-state index contributed by atoms with van der Waals surface area (Å²) < 4.78 is 0. The van der Waals surface area contributed by atoms with Gasteiger partial charge < -0.3 is 5.73 Å². The van der Waals surface area contributed by atoms with Crippen molar-refractivity contribution in [1.29, 1.82) is 0 Å². The first-order valence-corrected chi connectivity index (χ1v) is 3.61. The maximum atomic E-state index is 5.72. The topological polar surface area (TPSA) is 38.9 Å². The first-order valence-electron chi connectivity index (χ1n) is 3.24. The van der Waals surface area contributed by atoms with Crippen molar-refractivity contribution in [2.24, 2.45) is 5.73 Å². The minimum absolute atomic E-state index is 0.410. The van der Waals surface area contributed by atoms with Crippen molar-refractivity contribution < 1.29 is 0 Å². The number of halogens is 1. The van der Waals surface area contributed by atoms with E-state index >= 15 is 0 Å². The summed E-state index contributed by atoms with van der Waals surface area (Å²) in [6, 6.07) is 3.46. The number of hydrogen-bond donors (Lipinski definition) is 1. The first-order chi connectivity index (χ1) is 5.24. The Morgan fingerprint density at radius 2 is 2.45 bits per heavy atom. The second-order valence-electron chi connectivity index (χ2n) is 2.17. The molecule has 0 unspecified atom stereocenters. The lowest BCUT2D eigenvalue weighted by Crippen LogP contribution is -2.02. The molecule has 2 nitrogen and oxygen atoms in total. The second kappa shape index (κ2) is 3.51. The van der Waals surface area contributed by atoms with Gasteiger partial charge in [-0.15, -0.1) is 0 Å². The first kappa shape index (κ1) is 8.24. The van der Waals surface area contributed by atoms with Gasteiger partial charge in [0.05, 0.1) is 5.69 Å². The molecular weight excluding hydrogens is 160 g/mol. The van der Waals surface area contributed by atoms with Gasteiger partial charge in [-0.2, -0.15) is 0 Å². The average Bonchev–Trinajstić information content (AvgIpc) is 2.03. The van der Waals surface area contributed by atoms with E-state index in [2.05, 4.69) is 11.6 Å². The zero-order valence-corrected chi connectivity index (χ0v) is 6.80. The number of rotatable bonds is 2. The van der Waals surface area contributed by atoms with Gasteiger partial charge in [0, 0.05) is 17.8 Å². The van der Waals surface area contributed by atoms with Crippen LogP contribution in [0.25, 0.3) is 5.57 Å². The van der Waals surface area contributed by atoms with Gasteiger partial charge in [-0.05, 0) is 17.7 Å². The molecule has 0 bridgehead atoms. The molecule has 0 aliphatic carbocycles. The van der Waals surface area contributed by atoms with Crippen LogP contribution in [0.4, 0.5) is 0 Å². The van der Waals surface area contributed by atoms with Gasteiger partial charge >= 0.3 is 0 Å². The molecule has 3 heteroatoms. The Kier molecular flexibility index (Phi) is 2.63. The Labute approximate surface area is 70.7 Å². The van der Waals surface area contributed by atoms with E-state index in [1.165, 1.54) is 0 Å². The lowest BCUT2D eigenvalue weighted by molar-refractivity contribution is 1.20. The van der Waals surface area contributed by atoms with Crippen LogP contribution in [-0.2, 0) is 0 Å². The van der Waals surface area contributed by atoms with E-state index in [0.717, 1.165) is 11.3 Å². The molecule has 1 aromatic rings. The molecule has 0 saturated heterocycles. The van der Waals surface area contributed by atoms with Crippen molar-refractivity contribution in [1.82, 2.24) is 4.98 Å². The minimum Gasteiger partial charge on any atom is -0.326 e. The molecular formula is C8H9ClN2. The number of hydrogen-bond acceptors (Lipinski definition) is 2. The van der Waals surface area contributed by atoms with Crippen molar-refractivity contribution in [2.45, 2.75) is 0 Å². The Balaban J connectivity index is 2.96. The van der Waals surface area contributed by atoms with Crippen LogP contribution in [-0.4, -0.2) is 11.5 Å². The van der Waals surface area contributed by atoms with Crippen LogP contribution in [0.3, 0.4) is 0 Å². The molecule has 0 spiro atoms. The lowest BCUT2D eigenvalue weighted by atomic mass is 10.2. The highest BCUT2D eigenvalue weighted by atomic mass is 35.5. The van der Waals surface area contributed by atoms with Crippen LogP contribution < -0.4 is 5.73 Å². The molecule has 0 fully saturated rings. The van der Waals surface area contributed by atoms with Gasteiger partial charge in [-0.25, -0.2) is 0 Å². The van der Waals surface area contributed by atoms with Gasteiger partial charge in [0.15, 0.2) is 0 Å². The van der Waals surface area contributed by atoms with Crippen molar-refractivity contribution in [2.75, 3.05) is 6.54 Å². The van der Waals surface area contributed by atoms with E-state index in [0.29, 0.717) is 11.6 Å². The molecule has 0 aliphatic heterocycles. The molecule has 0 amide bonds. The van der Waals surface area contributed by atoms with Crippen molar-refractivity contribution in [3.05, 3.63) is 35.6 Å². The van der Waals surface area contributed by atoms with Crippen molar-refractivity contribution in [3.8, 4) is 0 Å². The molecule has 11 heavy (non-hydrogen) atoms. The van der Waals surface area contributed by atoms with Crippen LogP contribution in [0.5, 0.6) is 0 Å². The number of nitrogens with zero attached hydrogens (tertiary/aromatic N) is 1. The number of nitrogens with two attached hydrogens (primary N) is 1. The molecule has 2 N–H and O–H groups in total. The summed E-state index contributed by atoms with van der Waals surface area (Å²) >= 11 is 5.72. The van der Waals surface area contributed by atoms with Gasteiger partial charge in [0.2, 0.25) is 0 Å². The van der Waals surface area contributed by atoms with Gasteiger partial charge in [0.25, 0.3) is 0 Å². The van der Waals surface area contributed by atoms with Crippen LogP contribution in [0.1, 0.15) is 5.69 Å². The maximum absolute atomic E-state index is 5.72. The number of aromatic nitrogens is 1. The van der Waals surface area contributed by atoms with Crippen LogP contribution in [0.15, 0.2) is 24.9 Å². The quantitative estimate of drug-likeness (QED) is 0.730. The second-order valence-corrected chi connectivity index (χ2v) is 2.60. The molecule has 58 valence electrons. The SMILES string of the molecule is C=C(CN)c1cc(Cl)ccn1. The third-order valence-electron chi connectivity index (χ3n) is 1.33. The minimum atomic E-state index is 0.410. The lowest BCUT2D eigenvalue weighted by Gasteiger charge is -2.00. The Morgan fingerprint density at radius 3 is 3.00 bits per heavy atom. The summed E-state index contributed by atoms with van der Waals surface area (Å²) in [7, 11) is 0. The fraction of sp³-hybridized carbons (Fsp3) is 0.125. The predicted molar refractivity (Wildman–Crippen MR) is 47.3 cm³/mol. The molecule has 1 heterocycles. The van der Waals surface area contributed by atoms with Gasteiger partial charge in [0.1, 0.15) is 0 Å². The summed E-state index contributed by atoms with van der Waals surface area (Å²) in [6.07, 6.45) is 1.64. The standard InChI is InChI=1S/C8H9ClN2/c1-6(5-10)8-4-7(9)2-3-11-8/h2-4H,1,5,10H2. The highest BCUT2D eigenvalue weighted by Gasteiger charge is 1.97. The zero-order valence-electron chi connectivity index (χ0n) is 6.05. The Bertz CT molecular complexity index is 271. The van der Waals surface area contributed by atoms with E-state index in [1.54, 1.807) is 18.3 Å². The Hall–Kier alpha value is -0.860. The largest absolute Gasteiger partial charge is 0.326 e.